The van der Waals surface area contributed by atoms with Crippen LogP contribution < -0.4 is 10.1 Å². The molecule has 1 amide bonds. The third-order valence-corrected chi connectivity index (χ3v) is 7.07. The Hall–Kier alpha value is -3.83. The van der Waals surface area contributed by atoms with Crippen molar-refractivity contribution in [3.63, 3.8) is 0 Å². The number of aromatic nitrogens is 1. The van der Waals surface area contributed by atoms with E-state index in [1.54, 1.807) is 7.11 Å². The molecule has 0 saturated carbocycles. The van der Waals surface area contributed by atoms with Gasteiger partial charge in [-0.15, -0.1) is 0 Å². The first-order valence-corrected chi connectivity index (χ1v) is 12.6. The van der Waals surface area contributed by atoms with Crippen molar-refractivity contribution in [3.8, 4) is 22.7 Å². The first-order valence-electron chi connectivity index (χ1n) is 12.6. The molecule has 36 heavy (non-hydrogen) atoms. The van der Waals surface area contributed by atoms with Gasteiger partial charge < -0.3 is 19.5 Å². The molecule has 2 heterocycles. The quantitative estimate of drug-likeness (QED) is 0.401. The zero-order chi connectivity index (χ0) is 25.1. The molecule has 1 aliphatic heterocycles. The van der Waals surface area contributed by atoms with Gasteiger partial charge in [-0.25, -0.2) is 0 Å². The highest BCUT2D eigenvalue weighted by Crippen LogP contribution is 2.36. The van der Waals surface area contributed by atoms with Gasteiger partial charge in [-0.3, -0.25) is 4.79 Å². The van der Waals surface area contributed by atoms with Crippen LogP contribution in [0.1, 0.15) is 27.2 Å². The van der Waals surface area contributed by atoms with Crippen molar-refractivity contribution in [2.24, 2.45) is 0 Å². The highest BCUT2D eigenvalue weighted by atomic mass is 16.5. The Balaban J connectivity index is 1.63. The molecule has 0 aliphatic carbocycles. The maximum atomic E-state index is 14.3. The molecule has 0 unspecified atom stereocenters. The summed E-state index contributed by atoms with van der Waals surface area (Å²) >= 11 is 0. The van der Waals surface area contributed by atoms with E-state index in [9.17, 15) is 4.79 Å². The highest BCUT2D eigenvalue weighted by Gasteiger charge is 2.32. The van der Waals surface area contributed by atoms with E-state index in [2.05, 4.69) is 65.0 Å². The minimum absolute atomic E-state index is 0.0763. The number of nitrogens with zero attached hydrogens (tertiary/aromatic N) is 2. The lowest BCUT2D eigenvalue weighted by Crippen LogP contribution is -2.54. The van der Waals surface area contributed by atoms with E-state index >= 15 is 0 Å². The molecule has 1 aliphatic rings. The highest BCUT2D eigenvalue weighted by molar-refractivity contribution is 6.02. The van der Waals surface area contributed by atoms with Crippen LogP contribution in [0.2, 0.25) is 0 Å². The van der Waals surface area contributed by atoms with Crippen LogP contribution in [0.3, 0.4) is 0 Å². The van der Waals surface area contributed by atoms with Crippen molar-refractivity contribution < 1.29 is 9.53 Å². The van der Waals surface area contributed by atoms with Crippen LogP contribution in [-0.2, 0) is 6.42 Å². The smallest absolute Gasteiger partial charge is 0.256 e. The van der Waals surface area contributed by atoms with Gasteiger partial charge >= 0.3 is 0 Å². The number of nitrogens with one attached hydrogen (secondary N) is 1. The molecule has 1 fully saturated rings. The van der Waals surface area contributed by atoms with Gasteiger partial charge in [0.05, 0.1) is 24.1 Å². The average molecular weight is 480 g/mol. The molecule has 184 valence electrons. The summed E-state index contributed by atoms with van der Waals surface area (Å²) < 4.78 is 7.89. The number of hydrogen-bond donors (Lipinski definition) is 1. The number of piperazine rings is 1. The Bertz CT molecular complexity index is 1360. The van der Waals surface area contributed by atoms with E-state index in [1.807, 2.05) is 48.5 Å². The predicted molar refractivity (Wildman–Crippen MR) is 145 cm³/mol. The fourth-order valence-corrected chi connectivity index (χ4v) is 5.28. The maximum Gasteiger partial charge on any atom is 0.256 e. The second-order valence-electron chi connectivity index (χ2n) is 9.42. The van der Waals surface area contributed by atoms with Crippen molar-refractivity contribution in [2.45, 2.75) is 26.3 Å². The summed E-state index contributed by atoms with van der Waals surface area (Å²) in [7, 11) is 1.69. The third kappa shape index (κ3) is 4.54. The Morgan fingerprint density at radius 1 is 0.972 bits per heavy atom. The Labute approximate surface area is 213 Å². The van der Waals surface area contributed by atoms with Crippen LogP contribution >= 0.6 is 0 Å². The predicted octanol–water partition coefficient (Wildman–Crippen LogP) is 5.43. The van der Waals surface area contributed by atoms with E-state index < -0.39 is 0 Å². The maximum absolute atomic E-state index is 14.3. The van der Waals surface area contributed by atoms with Crippen molar-refractivity contribution in [3.05, 3.63) is 107 Å². The zero-order valence-electron chi connectivity index (χ0n) is 21.2. The third-order valence-electron chi connectivity index (χ3n) is 7.07. The Kier molecular flexibility index (Phi) is 6.92. The summed E-state index contributed by atoms with van der Waals surface area (Å²) in [6.07, 6.45) is 0.825. The molecule has 5 rings (SSSR count). The van der Waals surface area contributed by atoms with Gasteiger partial charge in [-0.2, -0.15) is 0 Å². The summed E-state index contributed by atoms with van der Waals surface area (Å²) in [5.74, 6) is 0.849. The largest absolute Gasteiger partial charge is 0.495 e. The van der Waals surface area contributed by atoms with E-state index in [-0.39, 0.29) is 11.9 Å². The van der Waals surface area contributed by atoms with E-state index in [1.165, 1.54) is 5.56 Å². The van der Waals surface area contributed by atoms with Gasteiger partial charge in [0.1, 0.15) is 5.75 Å². The second-order valence-corrected chi connectivity index (χ2v) is 9.42. The van der Waals surface area contributed by atoms with Crippen molar-refractivity contribution in [2.75, 3.05) is 26.7 Å². The monoisotopic (exact) mass is 479 g/mol. The number of benzene rings is 3. The number of aryl methyl sites for hydroxylation is 2. The molecule has 3 aromatic carbocycles. The number of amides is 1. The van der Waals surface area contributed by atoms with Crippen LogP contribution in [0.4, 0.5) is 0 Å². The standard InChI is InChI=1S/C31H33N3O2/c1-22-11-7-8-14-26(22)30-27(19-23(2)34(30)28-15-9-10-16-29(28)36-3)31(35)33-18-17-32-21-25(33)20-24-12-5-4-6-13-24/h4-16,19,25,32H,17-18,20-21H2,1-3H3/t25-/m1/s1. The molecule has 1 atom stereocenters. The van der Waals surface area contributed by atoms with Gasteiger partial charge in [0, 0.05) is 36.9 Å². The molecule has 1 saturated heterocycles. The Morgan fingerprint density at radius 3 is 2.47 bits per heavy atom. The number of hydrogen-bond acceptors (Lipinski definition) is 3. The SMILES string of the molecule is COc1ccccc1-n1c(C)cc(C(=O)N2CCNC[C@H]2Cc2ccccc2)c1-c1ccccc1C. The minimum Gasteiger partial charge on any atom is -0.495 e. The number of carbonyl (C=O) groups excluding carboxylic acids is 1. The first-order chi connectivity index (χ1) is 17.6. The summed E-state index contributed by atoms with van der Waals surface area (Å²) in [4.78, 5) is 16.4. The molecule has 4 aromatic rings. The topological polar surface area (TPSA) is 46.5 Å². The molecular weight excluding hydrogens is 446 g/mol. The van der Waals surface area contributed by atoms with E-state index in [0.29, 0.717) is 6.54 Å². The number of rotatable bonds is 6. The molecule has 5 nitrogen and oxygen atoms in total. The van der Waals surface area contributed by atoms with Gasteiger partial charge in [0.25, 0.3) is 5.91 Å². The number of para-hydroxylation sites is 2. The molecule has 1 N–H and O–H groups in total. The van der Waals surface area contributed by atoms with Crippen LogP contribution in [0, 0.1) is 13.8 Å². The molecule has 1 aromatic heterocycles. The summed E-state index contributed by atoms with van der Waals surface area (Å²) in [5.41, 5.74) is 6.99. The van der Waals surface area contributed by atoms with Crippen LogP contribution in [0.5, 0.6) is 5.75 Å². The van der Waals surface area contributed by atoms with Crippen molar-refractivity contribution in [1.82, 2.24) is 14.8 Å². The first kappa shape index (κ1) is 23.9. The summed E-state index contributed by atoms with van der Waals surface area (Å²) in [5, 5.41) is 3.49. The average Bonchev–Trinajstić information content (AvgIpc) is 3.26. The van der Waals surface area contributed by atoms with Crippen LogP contribution in [-0.4, -0.2) is 48.2 Å². The lowest BCUT2D eigenvalue weighted by Gasteiger charge is -2.36. The summed E-state index contributed by atoms with van der Waals surface area (Å²) in [6, 6.07) is 28.8. The summed E-state index contributed by atoms with van der Waals surface area (Å²) in [6.45, 7) is 6.42. The number of carbonyl (C=O) groups is 1. The van der Waals surface area contributed by atoms with Gasteiger partial charge in [0.2, 0.25) is 0 Å². The lowest BCUT2D eigenvalue weighted by atomic mass is 9.99. The zero-order valence-corrected chi connectivity index (χ0v) is 21.2. The van der Waals surface area contributed by atoms with Crippen molar-refractivity contribution >= 4 is 5.91 Å². The number of ether oxygens (including phenoxy) is 1. The molecule has 0 radical (unpaired) electrons. The molecule has 0 spiro atoms. The van der Waals surface area contributed by atoms with Gasteiger partial charge in [-0.05, 0) is 49.6 Å². The van der Waals surface area contributed by atoms with Gasteiger partial charge in [0.15, 0.2) is 0 Å². The molecule has 0 bridgehead atoms. The lowest BCUT2D eigenvalue weighted by molar-refractivity contribution is 0.0637. The fourth-order valence-electron chi connectivity index (χ4n) is 5.28. The van der Waals surface area contributed by atoms with Crippen LogP contribution in [0.15, 0.2) is 84.9 Å². The normalized spacial score (nSPS) is 15.6. The van der Waals surface area contributed by atoms with E-state index in [4.69, 9.17) is 4.74 Å². The van der Waals surface area contributed by atoms with Gasteiger partial charge in [-0.1, -0.05) is 66.7 Å². The number of methoxy groups -OCH3 is 1. The Morgan fingerprint density at radius 2 is 1.69 bits per heavy atom. The molecular formula is C31H33N3O2. The minimum atomic E-state index is 0.0763. The van der Waals surface area contributed by atoms with E-state index in [0.717, 1.165) is 59.0 Å². The molecule has 5 heteroatoms. The van der Waals surface area contributed by atoms with Crippen molar-refractivity contribution in [1.29, 1.82) is 0 Å². The fraction of sp³-hybridized carbons (Fsp3) is 0.258. The van der Waals surface area contributed by atoms with Crippen LogP contribution in [0.25, 0.3) is 16.9 Å². The second kappa shape index (κ2) is 10.4.